The van der Waals surface area contributed by atoms with E-state index in [1.807, 2.05) is 30.3 Å². The van der Waals surface area contributed by atoms with E-state index in [4.69, 9.17) is 28.3 Å². The third-order valence-corrected chi connectivity index (χ3v) is 3.91. The third kappa shape index (κ3) is 1.86. The predicted molar refractivity (Wildman–Crippen MR) is 77.1 cm³/mol. The van der Waals surface area contributed by atoms with E-state index in [1.54, 1.807) is 10.6 Å². The zero-order valence-corrected chi connectivity index (χ0v) is 11.2. The van der Waals surface area contributed by atoms with Crippen molar-refractivity contribution in [3.8, 4) is 0 Å². The number of hydrogen-bond acceptors (Lipinski definition) is 1. The van der Waals surface area contributed by atoms with Crippen molar-refractivity contribution in [2.45, 2.75) is 6.54 Å². The van der Waals surface area contributed by atoms with Crippen LogP contribution in [-0.4, -0.2) is 15.6 Å². The molecule has 0 saturated heterocycles. The number of nitrogens with zero attached hydrogens (tertiary/aromatic N) is 1. The summed E-state index contributed by atoms with van der Waals surface area (Å²) in [5, 5.41) is 11.8. The lowest BCUT2D eigenvalue weighted by Crippen LogP contribution is -2.08. The molecule has 3 rings (SSSR count). The number of carboxylic acid groups (broad SMARTS) is 1. The highest BCUT2D eigenvalue weighted by molar-refractivity contribution is 6.45. The summed E-state index contributed by atoms with van der Waals surface area (Å²) in [6, 6.07) is 11.2. The van der Waals surface area contributed by atoms with E-state index in [2.05, 4.69) is 0 Å². The molecule has 0 bridgehead atoms. The Balaban J connectivity index is 2.52. The fourth-order valence-corrected chi connectivity index (χ4v) is 2.80. The zero-order valence-electron chi connectivity index (χ0n) is 9.73. The molecule has 2 aromatic carbocycles. The van der Waals surface area contributed by atoms with Gasteiger partial charge >= 0.3 is 5.97 Å². The number of hydrogen-bond donors (Lipinski definition) is 1. The lowest BCUT2D eigenvalue weighted by atomic mass is 10.1. The van der Waals surface area contributed by atoms with Gasteiger partial charge in [0.15, 0.2) is 0 Å². The van der Waals surface area contributed by atoms with E-state index in [-0.39, 0.29) is 6.54 Å². The van der Waals surface area contributed by atoms with Crippen LogP contribution in [0.15, 0.2) is 36.4 Å². The summed E-state index contributed by atoms with van der Waals surface area (Å²) in [5.41, 5.74) is 1.50. The molecule has 19 heavy (non-hydrogen) atoms. The molecule has 3 aromatic rings. The first-order valence-corrected chi connectivity index (χ1v) is 6.42. The van der Waals surface area contributed by atoms with Gasteiger partial charge in [-0.3, -0.25) is 4.79 Å². The summed E-state index contributed by atoms with van der Waals surface area (Å²) in [5.74, 6) is -0.918. The Labute approximate surface area is 119 Å². The van der Waals surface area contributed by atoms with E-state index in [0.29, 0.717) is 15.6 Å². The van der Waals surface area contributed by atoms with Crippen LogP contribution in [0.2, 0.25) is 10.0 Å². The predicted octanol–water partition coefficient (Wildman–Crippen LogP) is 4.19. The van der Waals surface area contributed by atoms with Crippen LogP contribution in [0.25, 0.3) is 21.8 Å². The first-order chi connectivity index (χ1) is 9.09. The van der Waals surface area contributed by atoms with Crippen LogP contribution in [-0.2, 0) is 11.3 Å². The quantitative estimate of drug-likeness (QED) is 0.770. The Hall–Kier alpha value is -1.71. The number of carbonyl (C=O) groups is 1. The van der Waals surface area contributed by atoms with Gasteiger partial charge in [0.1, 0.15) is 6.54 Å². The molecule has 0 spiro atoms. The molecule has 0 unspecified atom stereocenters. The van der Waals surface area contributed by atoms with E-state index in [1.165, 1.54) is 0 Å². The maximum Gasteiger partial charge on any atom is 0.323 e. The van der Waals surface area contributed by atoms with Crippen molar-refractivity contribution in [2.75, 3.05) is 0 Å². The highest BCUT2D eigenvalue weighted by atomic mass is 35.5. The van der Waals surface area contributed by atoms with Gasteiger partial charge in [-0.25, -0.2) is 0 Å². The van der Waals surface area contributed by atoms with Gasteiger partial charge in [0.25, 0.3) is 0 Å². The number of para-hydroxylation sites is 1. The van der Waals surface area contributed by atoms with Crippen LogP contribution in [0.4, 0.5) is 0 Å². The number of rotatable bonds is 2. The normalized spacial score (nSPS) is 11.3. The molecule has 1 heterocycles. The number of fused-ring (bicyclic) bond motifs is 3. The molecule has 96 valence electrons. The van der Waals surface area contributed by atoms with Gasteiger partial charge in [0, 0.05) is 16.3 Å². The molecule has 1 aromatic heterocycles. The summed E-state index contributed by atoms with van der Waals surface area (Å²) in [6.07, 6.45) is 0. The smallest absolute Gasteiger partial charge is 0.323 e. The first kappa shape index (κ1) is 12.3. The van der Waals surface area contributed by atoms with Crippen LogP contribution in [0, 0.1) is 0 Å². The minimum absolute atomic E-state index is 0.149. The monoisotopic (exact) mass is 293 g/mol. The fourth-order valence-electron chi connectivity index (χ4n) is 2.38. The molecule has 0 atom stereocenters. The van der Waals surface area contributed by atoms with Crippen molar-refractivity contribution >= 4 is 51.0 Å². The Morgan fingerprint density at radius 2 is 1.84 bits per heavy atom. The average molecular weight is 294 g/mol. The average Bonchev–Trinajstić information content (AvgIpc) is 2.69. The molecule has 0 saturated carbocycles. The van der Waals surface area contributed by atoms with Crippen LogP contribution in [0.5, 0.6) is 0 Å². The summed E-state index contributed by atoms with van der Waals surface area (Å²) in [4.78, 5) is 11.1. The Kier molecular flexibility index (Phi) is 2.88. The number of aromatic nitrogens is 1. The second kappa shape index (κ2) is 4.44. The van der Waals surface area contributed by atoms with E-state index in [0.717, 1.165) is 16.3 Å². The van der Waals surface area contributed by atoms with Crippen LogP contribution in [0.1, 0.15) is 0 Å². The Morgan fingerprint density at radius 3 is 2.58 bits per heavy atom. The van der Waals surface area contributed by atoms with E-state index in [9.17, 15) is 4.79 Å². The van der Waals surface area contributed by atoms with E-state index < -0.39 is 5.97 Å². The maximum atomic E-state index is 11.1. The third-order valence-electron chi connectivity index (χ3n) is 3.12. The Morgan fingerprint density at radius 1 is 1.11 bits per heavy atom. The molecule has 5 heteroatoms. The highest BCUT2D eigenvalue weighted by Crippen LogP contribution is 2.37. The number of halogens is 2. The van der Waals surface area contributed by atoms with Gasteiger partial charge in [-0.1, -0.05) is 47.5 Å². The van der Waals surface area contributed by atoms with Gasteiger partial charge < -0.3 is 9.67 Å². The summed E-state index contributed by atoms with van der Waals surface area (Å²) in [7, 11) is 0. The van der Waals surface area contributed by atoms with Gasteiger partial charge in [0.2, 0.25) is 0 Å². The minimum Gasteiger partial charge on any atom is -0.480 e. The molecular formula is C14H9Cl2NO2. The van der Waals surface area contributed by atoms with Crippen molar-refractivity contribution in [2.24, 2.45) is 0 Å². The van der Waals surface area contributed by atoms with Crippen molar-refractivity contribution < 1.29 is 9.90 Å². The van der Waals surface area contributed by atoms with Gasteiger partial charge in [0.05, 0.1) is 15.6 Å². The molecule has 0 fully saturated rings. The van der Waals surface area contributed by atoms with Crippen LogP contribution in [0.3, 0.4) is 0 Å². The molecule has 0 aliphatic rings. The van der Waals surface area contributed by atoms with E-state index >= 15 is 0 Å². The Bertz CT molecular complexity index is 808. The van der Waals surface area contributed by atoms with Crippen molar-refractivity contribution in [3.05, 3.63) is 46.4 Å². The molecule has 3 nitrogen and oxygen atoms in total. The number of aliphatic carboxylic acids is 1. The topological polar surface area (TPSA) is 42.2 Å². The minimum atomic E-state index is -0.918. The maximum absolute atomic E-state index is 11.1. The second-order valence-corrected chi connectivity index (χ2v) is 5.04. The largest absolute Gasteiger partial charge is 0.480 e. The molecule has 1 N–H and O–H groups in total. The van der Waals surface area contributed by atoms with Crippen LogP contribution >= 0.6 is 23.2 Å². The number of benzene rings is 2. The van der Waals surface area contributed by atoms with Gasteiger partial charge in [-0.2, -0.15) is 0 Å². The molecule has 0 amide bonds. The van der Waals surface area contributed by atoms with Crippen molar-refractivity contribution in [1.82, 2.24) is 4.57 Å². The lowest BCUT2D eigenvalue weighted by Gasteiger charge is -2.05. The fraction of sp³-hybridized carbons (Fsp3) is 0.0714. The summed E-state index contributed by atoms with van der Waals surface area (Å²) < 4.78 is 1.68. The molecule has 0 aliphatic heterocycles. The highest BCUT2D eigenvalue weighted by Gasteiger charge is 2.16. The van der Waals surface area contributed by atoms with Gasteiger partial charge in [-0.15, -0.1) is 0 Å². The summed E-state index contributed by atoms with van der Waals surface area (Å²) >= 11 is 12.3. The zero-order chi connectivity index (χ0) is 13.6. The van der Waals surface area contributed by atoms with Gasteiger partial charge in [-0.05, 0) is 12.1 Å². The standard InChI is InChI=1S/C14H9Cl2NO2/c15-10-6-5-9-8-3-1-2-4-11(8)17(7-12(18)19)14(9)13(10)16/h1-6H,7H2,(H,18,19). The lowest BCUT2D eigenvalue weighted by molar-refractivity contribution is -0.137. The first-order valence-electron chi connectivity index (χ1n) is 5.66. The second-order valence-electron chi connectivity index (χ2n) is 4.25. The van der Waals surface area contributed by atoms with Crippen molar-refractivity contribution in [3.63, 3.8) is 0 Å². The summed E-state index contributed by atoms with van der Waals surface area (Å²) in [6.45, 7) is -0.149. The SMILES string of the molecule is O=C(O)Cn1c2ccccc2c2ccc(Cl)c(Cl)c21. The number of carboxylic acids is 1. The molecule has 0 radical (unpaired) electrons. The van der Waals surface area contributed by atoms with Crippen molar-refractivity contribution in [1.29, 1.82) is 0 Å². The molecular weight excluding hydrogens is 285 g/mol. The molecule has 0 aliphatic carbocycles. The van der Waals surface area contributed by atoms with Crippen LogP contribution < -0.4 is 0 Å².